The Kier molecular flexibility index (Phi) is 26.0. The van der Waals surface area contributed by atoms with Crippen LogP contribution < -0.4 is 21.3 Å². The molecular formula is C64H113N9O11. The van der Waals surface area contributed by atoms with Crippen LogP contribution in [0.2, 0.25) is 0 Å². The quantitative estimate of drug-likeness (QED) is 0.0228. The molecule has 9 unspecified atom stereocenters. The van der Waals surface area contributed by atoms with E-state index in [0.29, 0.717) is 85.1 Å². The van der Waals surface area contributed by atoms with E-state index in [-0.39, 0.29) is 99.5 Å². The molecule has 0 aromatic rings. The van der Waals surface area contributed by atoms with E-state index in [1.165, 1.54) is 0 Å². The Balaban J connectivity index is 1.14. The van der Waals surface area contributed by atoms with Crippen molar-refractivity contribution >= 4 is 36.4 Å². The van der Waals surface area contributed by atoms with E-state index in [4.69, 9.17) is 53.1 Å². The second kappa shape index (κ2) is 31.0. The number of nitrogens with zero attached hydrogens (tertiary/aromatic N) is 5. The fourth-order valence-corrected chi connectivity index (χ4v) is 15.5. The highest BCUT2D eigenvalue weighted by atomic mass is 16.6. The monoisotopic (exact) mass is 1180 g/mol. The van der Waals surface area contributed by atoms with Crippen molar-refractivity contribution < 1.29 is 52.3 Å². The van der Waals surface area contributed by atoms with Crippen LogP contribution in [0, 0.1) is 48.7 Å². The zero-order valence-corrected chi connectivity index (χ0v) is 54.7. The Bertz CT molecular complexity index is 2260. The van der Waals surface area contributed by atoms with E-state index >= 15 is 0 Å². The van der Waals surface area contributed by atoms with E-state index < -0.39 is 17.6 Å². The summed E-state index contributed by atoms with van der Waals surface area (Å²) in [4.78, 5) is 73.8. The molecule has 84 heavy (non-hydrogen) atoms. The third-order valence-corrected chi connectivity index (χ3v) is 17.8. The molecule has 0 aromatic carbocycles. The molecule has 4 amide bonds. The van der Waals surface area contributed by atoms with Crippen LogP contribution in [0.4, 0.5) is 19.2 Å². The number of amides is 4. The van der Waals surface area contributed by atoms with Crippen molar-refractivity contribution in [2.24, 2.45) is 68.7 Å². The van der Waals surface area contributed by atoms with Crippen LogP contribution in [0.5, 0.6) is 0 Å². The maximum Gasteiger partial charge on any atom is 0.407 e. The molecule has 4 saturated carbocycles. The van der Waals surface area contributed by atoms with Gasteiger partial charge in [-0.15, -0.1) is 0 Å². The van der Waals surface area contributed by atoms with Gasteiger partial charge in [0.2, 0.25) is 0 Å². The molecule has 4 aliphatic carbocycles. The summed E-state index contributed by atoms with van der Waals surface area (Å²) >= 11 is 0. The number of hydrogen-bond acceptors (Lipinski definition) is 16. The number of ether oxygens (including phenoxy) is 7. The summed E-state index contributed by atoms with van der Waals surface area (Å²) in [7, 11) is 1.62. The number of alkyl carbamates (subject to hydrolysis) is 4. The van der Waals surface area contributed by atoms with E-state index in [9.17, 15) is 19.2 Å². The molecule has 9 atom stereocenters. The summed E-state index contributed by atoms with van der Waals surface area (Å²) in [6, 6.07) is 5.74. The summed E-state index contributed by atoms with van der Waals surface area (Å²) in [5, 5.41) is 12.6. The average Bonchev–Trinajstić information content (AvgIpc) is 2.56. The summed E-state index contributed by atoms with van der Waals surface area (Å²) in [5.41, 5.74) is -1.68. The number of methoxy groups -OCH3 is 1. The van der Waals surface area contributed by atoms with Gasteiger partial charge in [0, 0.05) is 50.9 Å². The van der Waals surface area contributed by atoms with E-state index in [2.05, 4.69) is 121 Å². The minimum atomic E-state index is -0.840. The number of hydrogen-bond donors (Lipinski definition) is 4. The molecule has 0 aromatic heterocycles. The molecule has 20 nitrogen and oxygen atoms in total. The van der Waals surface area contributed by atoms with Gasteiger partial charge in [0.05, 0.1) is 83.3 Å². The van der Waals surface area contributed by atoms with Gasteiger partial charge in [0.15, 0.2) is 0 Å². The first kappa shape index (κ1) is 70.4. The predicted octanol–water partition coefficient (Wildman–Crippen LogP) is 11.4. The lowest BCUT2D eigenvalue weighted by molar-refractivity contribution is -0.0534. The van der Waals surface area contributed by atoms with Crippen LogP contribution in [0.3, 0.4) is 0 Å². The molecule has 1 saturated heterocycles. The second-order valence-corrected chi connectivity index (χ2v) is 30.8. The zero-order valence-electron chi connectivity index (χ0n) is 54.7. The third kappa shape index (κ3) is 25.6. The number of rotatable bonds is 30. The Labute approximate surface area is 505 Å². The highest BCUT2D eigenvalue weighted by Crippen LogP contribution is 2.50. The van der Waals surface area contributed by atoms with Crippen molar-refractivity contribution in [3.05, 3.63) is 0 Å². The number of carbonyl (C=O) groups is 4. The van der Waals surface area contributed by atoms with E-state index in [1.807, 2.05) is 13.8 Å². The van der Waals surface area contributed by atoms with Gasteiger partial charge < -0.3 is 54.4 Å². The Morgan fingerprint density at radius 2 is 0.786 bits per heavy atom. The normalized spacial score (nSPS) is 30.1. The fourth-order valence-electron chi connectivity index (χ4n) is 15.5. The van der Waals surface area contributed by atoms with Crippen molar-refractivity contribution in [1.82, 2.24) is 26.2 Å². The van der Waals surface area contributed by atoms with Crippen LogP contribution in [-0.2, 0) is 33.2 Å². The molecule has 5 aliphatic rings. The van der Waals surface area contributed by atoms with Crippen LogP contribution in [-0.4, -0.2) is 178 Å². The first-order valence-electron chi connectivity index (χ1n) is 31.6. The van der Waals surface area contributed by atoms with Gasteiger partial charge in [0.25, 0.3) is 0 Å². The Hall–Kier alpha value is -4.32. The second-order valence-electron chi connectivity index (χ2n) is 30.8. The smallest absolute Gasteiger partial charge is 0.407 e. The molecule has 480 valence electrons. The van der Waals surface area contributed by atoms with Crippen LogP contribution in [0.25, 0.3) is 0 Å². The molecule has 0 radical (unpaired) electrons. The average molecular weight is 1180 g/mol. The predicted molar refractivity (Wildman–Crippen MR) is 328 cm³/mol. The third-order valence-electron chi connectivity index (χ3n) is 17.8. The summed E-state index contributed by atoms with van der Waals surface area (Å²) < 4.78 is 39.8. The number of aliphatic imine (C=N–C) groups is 4. The highest BCUT2D eigenvalue weighted by molar-refractivity contribution is 5.69. The summed E-state index contributed by atoms with van der Waals surface area (Å²) in [5.74, 6) is 0. The topological polar surface area (TPSA) is 233 Å². The maximum atomic E-state index is 13.8. The van der Waals surface area contributed by atoms with Crippen molar-refractivity contribution in [3.8, 4) is 0 Å². The van der Waals surface area contributed by atoms with Gasteiger partial charge in [-0.3, -0.25) is 4.90 Å². The lowest BCUT2D eigenvalue weighted by Crippen LogP contribution is -2.49. The first-order valence-corrected chi connectivity index (χ1v) is 31.6. The molecule has 0 spiro atoms. The Morgan fingerprint density at radius 1 is 0.452 bits per heavy atom. The molecule has 5 fully saturated rings. The molecule has 1 heterocycles. The molecule has 5 rings (SSSR count). The van der Waals surface area contributed by atoms with Crippen LogP contribution in [0.15, 0.2) is 20.0 Å². The van der Waals surface area contributed by atoms with Crippen LogP contribution >= 0.6 is 0 Å². The SMILES string of the molecule is CCCOC(=O)NC1CC(C)(C)CC(C)(CN=C=NCC2(C)CC(NC(=O)OCC(CC)(COCCOCCOC)COC(=O)NC3CC(C)(C)CC(C)(CN=C=NCC4(C)CC(NC(=O)OCCN5CC5)CC(C)(C)C4)C3)CC(C)(C)C2)C1. The maximum absolute atomic E-state index is 13.8. The fraction of sp³-hybridized carbons (Fsp3) is 0.906. The van der Waals surface area contributed by atoms with Gasteiger partial charge in [-0.1, -0.05) is 96.9 Å². The largest absolute Gasteiger partial charge is 0.450 e. The van der Waals surface area contributed by atoms with Gasteiger partial charge in [0.1, 0.15) is 19.8 Å². The molecule has 4 N–H and O–H groups in total. The summed E-state index contributed by atoms with van der Waals surface area (Å²) in [6.07, 6.45) is 9.57. The van der Waals surface area contributed by atoms with Gasteiger partial charge in [-0.2, -0.15) is 0 Å². The van der Waals surface area contributed by atoms with Crippen molar-refractivity contribution in [2.75, 3.05) is 112 Å². The molecule has 20 heteroatoms. The lowest BCUT2D eigenvalue weighted by atomic mass is 9.62. The highest BCUT2D eigenvalue weighted by Gasteiger charge is 2.46. The van der Waals surface area contributed by atoms with Crippen molar-refractivity contribution in [1.29, 1.82) is 0 Å². The molecule has 0 bridgehead atoms. The minimum absolute atomic E-state index is 0.000314. The van der Waals surface area contributed by atoms with E-state index in [1.54, 1.807) is 7.11 Å². The lowest BCUT2D eigenvalue weighted by Gasteiger charge is -2.46. The van der Waals surface area contributed by atoms with Gasteiger partial charge >= 0.3 is 24.4 Å². The van der Waals surface area contributed by atoms with Crippen LogP contribution in [0.1, 0.15) is 187 Å². The van der Waals surface area contributed by atoms with Gasteiger partial charge in [-0.05, 0) is 133 Å². The number of carbonyl (C=O) groups excluding carboxylic acids is 4. The van der Waals surface area contributed by atoms with E-state index in [0.717, 1.165) is 90.3 Å². The van der Waals surface area contributed by atoms with Crippen molar-refractivity contribution in [3.63, 3.8) is 0 Å². The molecular weight excluding hydrogens is 1070 g/mol. The first-order chi connectivity index (χ1) is 39.3. The Morgan fingerprint density at radius 3 is 1.12 bits per heavy atom. The standard InChI is InChI=1S/C64H113N9O11/c1-16-21-81-52(74)69-48-27-56(3,4)35-60(11,31-48)39-65-46-67-41-62(13)33-50(29-58(7,8)37-62)71-54(76)83-44-64(17-2,43-80-26-25-79-24-23-78-15)45-84-55(77)72-51-30-59(9,10)38-63(14,34-51)42-68-47-66-40-61(12)32-49(28-57(5,6)36-61)70-53(75)82-22-20-73-18-19-73/h48-51H,16-45H2,1-15H3,(H,69,74)(H,70,75)(H,71,76)(H,72,77). The van der Waals surface area contributed by atoms with Crippen molar-refractivity contribution in [2.45, 2.75) is 211 Å². The number of nitrogens with one attached hydrogen (secondary N) is 4. The summed E-state index contributed by atoms with van der Waals surface area (Å²) in [6.45, 7) is 38.2. The molecule has 1 aliphatic heterocycles. The van der Waals surface area contributed by atoms with Gasteiger partial charge in [-0.25, -0.2) is 39.1 Å². The zero-order chi connectivity index (χ0) is 61.9. The minimum Gasteiger partial charge on any atom is -0.450 e.